The highest BCUT2D eigenvalue weighted by Crippen LogP contribution is 2.14. The number of fused-ring (bicyclic) bond motifs is 1. The average Bonchev–Trinajstić information content (AvgIpc) is 3.12. The number of ether oxygens (including phenoxy) is 1. The number of aromatic nitrogens is 4. The Morgan fingerprint density at radius 1 is 1.14 bits per heavy atom. The molecule has 0 aliphatic heterocycles. The van der Waals surface area contributed by atoms with Crippen molar-refractivity contribution in [2.24, 2.45) is 4.99 Å². The molecule has 0 radical (unpaired) electrons. The number of hydrogen-bond acceptors (Lipinski definition) is 5. The maximum absolute atomic E-state index is 5.78. The summed E-state index contributed by atoms with van der Waals surface area (Å²) in [4.78, 5) is 8.59. The molecule has 150 valence electrons. The molecule has 0 amide bonds. The van der Waals surface area contributed by atoms with Crippen LogP contribution in [0.3, 0.4) is 0 Å². The molecule has 0 atom stereocenters. The van der Waals surface area contributed by atoms with Gasteiger partial charge >= 0.3 is 0 Å². The molecule has 2 N–H and O–H groups in total. The first kappa shape index (κ1) is 21.9. The highest BCUT2D eigenvalue weighted by molar-refractivity contribution is 14.0. The van der Waals surface area contributed by atoms with Crippen LogP contribution in [0.15, 0.2) is 47.7 Å². The van der Waals surface area contributed by atoms with Crippen molar-refractivity contribution in [1.29, 1.82) is 0 Å². The van der Waals surface area contributed by atoms with Crippen LogP contribution in [0.4, 0.5) is 0 Å². The predicted molar refractivity (Wildman–Crippen MR) is 120 cm³/mol. The molecule has 0 bridgehead atoms. The molecule has 0 spiro atoms. The molecule has 0 saturated carbocycles. The number of rotatable bonds is 8. The van der Waals surface area contributed by atoms with Crippen molar-refractivity contribution in [1.82, 2.24) is 30.2 Å². The van der Waals surface area contributed by atoms with Crippen molar-refractivity contribution >= 4 is 35.6 Å². The molecular weight excluding hydrogens is 469 g/mol. The Morgan fingerprint density at radius 2 is 2.00 bits per heavy atom. The number of hydrogen-bond donors (Lipinski definition) is 2. The summed E-state index contributed by atoms with van der Waals surface area (Å²) in [5.74, 6) is 2.15. The third-order valence-corrected chi connectivity index (χ3v) is 4.05. The van der Waals surface area contributed by atoms with Gasteiger partial charge in [0.2, 0.25) is 5.88 Å². The minimum Gasteiger partial charge on any atom is -0.477 e. The molecule has 0 aromatic carbocycles. The number of halogens is 1. The van der Waals surface area contributed by atoms with Gasteiger partial charge in [0.1, 0.15) is 0 Å². The van der Waals surface area contributed by atoms with E-state index in [0.29, 0.717) is 31.5 Å². The standard InChI is InChI=1S/C19H25N7O.HI/c1-3-4-12-27-18-15(8-7-10-21-18)13-22-19(20-2)23-14-17-25-24-16-9-5-6-11-26(16)17;/h5-11H,3-4,12-14H2,1-2H3,(H2,20,22,23);1H. The van der Waals surface area contributed by atoms with Gasteiger partial charge in [-0.25, -0.2) is 4.98 Å². The van der Waals surface area contributed by atoms with E-state index in [1.165, 1.54) is 0 Å². The number of nitrogens with zero attached hydrogens (tertiary/aromatic N) is 5. The Kier molecular flexibility index (Phi) is 8.92. The summed E-state index contributed by atoms with van der Waals surface area (Å²) >= 11 is 0. The Morgan fingerprint density at radius 3 is 2.82 bits per heavy atom. The highest BCUT2D eigenvalue weighted by Gasteiger charge is 2.08. The number of nitrogens with one attached hydrogen (secondary N) is 2. The van der Waals surface area contributed by atoms with Crippen LogP contribution in [0.1, 0.15) is 31.2 Å². The molecule has 0 unspecified atom stereocenters. The van der Waals surface area contributed by atoms with Gasteiger partial charge in [-0.2, -0.15) is 0 Å². The molecule has 0 saturated heterocycles. The summed E-state index contributed by atoms with van der Waals surface area (Å²) in [7, 11) is 1.74. The maximum atomic E-state index is 5.78. The lowest BCUT2D eigenvalue weighted by molar-refractivity contribution is 0.294. The summed E-state index contributed by atoms with van der Waals surface area (Å²) in [6.07, 6.45) is 5.79. The summed E-state index contributed by atoms with van der Waals surface area (Å²) in [6, 6.07) is 9.72. The third-order valence-electron chi connectivity index (χ3n) is 4.05. The fraction of sp³-hybridized carbons (Fsp3) is 0.368. The van der Waals surface area contributed by atoms with E-state index in [1.807, 2.05) is 40.9 Å². The maximum Gasteiger partial charge on any atom is 0.218 e. The number of pyridine rings is 2. The van der Waals surface area contributed by atoms with Crippen LogP contribution in [0, 0.1) is 0 Å². The second kappa shape index (κ2) is 11.4. The van der Waals surface area contributed by atoms with E-state index in [2.05, 4.69) is 37.7 Å². The lowest BCUT2D eigenvalue weighted by Gasteiger charge is -2.13. The van der Waals surface area contributed by atoms with E-state index in [-0.39, 0.29) is 24.0 Å². The zero-order chi connectivity index (χ0) is 18.9. The predicted octanol–water partition coefficient (Wildman–Crippen LogP) is 2.79. The number of unbranched alkanes of at least 4 members (excludes halogenated alkanes) is 1. The van der Waals surface area contributed by atoms with Gasteiger partial charge in [-0.05, 0) is 24.6 Å². The first-order chi connectivity index (χ1) is 13.3. The van der Waals surface area contributed by atoms with Crippen molar-refractivity contribution in [2.75, 3.05) is 13.7 Å². The molecule has 3 heterocycles. The lowest BCUT2D eigenvalue weighted by Crippen LogP contribution is -2.36. The Labute approximate surface area is 181 Å². The van der Waals surface area contributed by atoms with Gasteiger partial charge < -0.3 is 15.4 Å². The van der Waals surface area contributed by atoms with Crippen LogP contribution in [-0.2, 0) is 13.1 Å². The van der Waals surface area contributed by atoms with Gasteiger partial charge in [0.25, 0.3) is 0 Å². The van der Waals surface area contributed by atoms with E-state index in [4.69, 9.17) is 4.74 Å². The van der Waals surface area contributed by atoms with Crippen molar-refractivity contribution in [3.63, 3.8) is 0 Å². The summed E-state index contributed by atoms with van der Waals surface area (Å²) in [5, 5.41) is 14.9. The Hall–Kier alpha value is -2.43. The molecular formula is C19H26IN7O. The van der Waals surface area contributed by atoms with Gasteiger partial charge in [-0.1, -0.05) is 25.5 Å². The second-order valence-electron chi connectivity index (χ2n) is 5.99. The van der Waals surface area contributed by atoms with Gasteiger partial charge in [0, 0.05) is 31.5 Å². The fourth-order valence-corrected chi connectivity index (χ4v) is 2.58. The van der Waals surface area contributed by atoms with Crippen molar-refractivity contribution in [3.8, 4) is 5.88 Å². The van der Waals surface area contributed by atoms with Crippen LogP contribution in [-0.4, -0.2) is 39.2 Å². The topological polar surface area (TPSA) is 88.7 Å². The van der Waals surface area contributed by atoms with E-state index in [9.17, 15) is 0 Å². The van der Waals surface area contributed by atoms with Crippen LogP contribution in [0.2, 0.25) is 0 Å². The normalized spacial score (nSPS) is 11.1. The Balaban J connectivity index is 0.00000280. The van der Waals surface area contributed by atoms with Gasteiger partial charge in [-0.3, -0.25) is 9.39 Å². The molecule has 3 aromatic rings. The fourth-order valence-electron chi connectivity index (χ4n) is 2.58. The van der Waals surface area contributed by atoms with Gasteiger partial charge in [-0.15, -0.1) is 34.2 Å². The number of guanidine groups is 1. The summed E-state index contributed by atoms with van der Waals surface area (Å²) in [6.45, 7) is 3.89. The number of aliphatic imine (C=N–C) groups is 1. The SMILES string of the molecule is CCCCOc1ncccc1CNC(=NC)NCc1nnc2ccccn12.I. The quantitative estimate of drug-likeness (QED) is 0.216. The van der Waals surface area contributed by atoms with Gasteiger partial charge in [0.05, 0.1) is 13.2 Å². The molecule has 0 fully saturated rings. The van der Waals surface area contributed by atoms with Crippen molar-refractivity contribution < 1.29 is 4.74 Å². The highest BCUT2D eigenvalue weighted by atomic mass is 127. The molecule has 3 rings (SSSR count). The zero-order valence-corrected chi connectivity index (χ0v) is 18.5. The molecule has 0 aliphatic carbocycles. The summed E-state index contributed by atoms with van der Waals surface area (Å²) < 4.78 is 7.72. The van der Waals surface area contributed by atoms with E-state index < -0.39 is 0 Å². The van der Waals surface area contributed by atoms with Crippen LogP contribution in [0.25, 0.3) is 5.65 Å². The van der Waals surface area contributed by atoms with E-state index in [0.717, 1.165) is 29.9 Å². The summed E-state index contributed by atoms with van der Waals surface area (Å²) in [5.41, 5.74) is 1.81. The molecule has 8 nitrogen and oxygen atoms in total. The van der Waals surface area contributed by atoms with Crippen LogP contribution >= 0.6 is 24.0 Å². The monoisotopic (exact) mass is 495 g/mol. The van der Waals surface area contributed by atoms with Crippen LogP contribution in [0.5, 0.6) is 5.88 Å². The van der Waals surface area contributed by atoms with Crippen LogP contribution < -0.4 is 15.4 Å². The first-order valence-electron chi connectivity index (χ1n) is 9.11. The molecule has 9 heteroatoms. The minimum absolute atomic E-state index is 0. The third kappa shape index (κ3) is 5.78. The first-order valence-corrected chi connectivity index (χ1v) is 9.11. The van der Waals surface area contributed by atoms with E-state index >= 15 is 0 Å². The molecule has 3 aromatic heterocycles. The average molecular weight is 495 g/mol. The minimum atomic E-state index is 0. The second-order valence-corrected chi connectivity index (χ2v) is 5.99. The molecule has 0 aliphatic rings. The van der Waals surface area contributed by atoms with Gasteiger partial charge in [0.15, 0.2) is 17.4 Å². The molecule has 28 heavy (non-hydrogen) atoms. The van der Waals surface area contributed by atoms with E-state index in [1.54, 1.807) is 13.2 Å². The largest absolute Gasteiger partial charge is 0.477 e. The van der Waals surface area contributed by atoms with Crippen molar-refractivity contribution in [3.05, 3.63) is 54.1 Å². The smallest absolute Gasteiger partial charge is 0.218 e. The zero-order valence-electron chi connectivity index (χ0n) is 16.1. The Bertz CT molecular complexity index is 897. The van der Waals surface area contributed by atoms with Crippen molar-refractivity contribution in [2.45, 2.75) is 32.9 Å². The lowest BCUT2D eigenvalue weighted by atomic mass is 10.2.